The number of piperazine rings is 1. The summed E-state index contributed by atoms with van der Waals surface area (Å²) in [7, 11) is 1.81. The van der Waals surface area contributed by atoms with E-state index in [1.165, 1.54) is 10.6 Å². The molecule has 0 unspecified atom stereocenters. The molecule has 0 amide bonds. The second-order valence-electron chi connectivity index (χ2n) is 7.92. The molecule has 0 atom stereocenters. The number of rotatable bonds is 6. The minimum absolute atomic E-state index is 0.0337. The van der Waals surface area contributed by atoms with Crippen LogP contribution in [0.5, 0.6) is 11.5 Å². The number of ether oxygens (including phenoxy) is 2. The van der Waals surface area contributed by atoms with Gasteiger partial charge in [0, 0.05) is 61.1 Å². The van der Waals surface area contributed by atoms with Crippen LogP contribution < -0.4 is 15.0 Å². The number of hydrogen-bond donors (Lipinski definition) is 0. The van der Waals surface area contributed by atoms with Crippen molar-refractivity contribution < 1.29 is 17.9 Å². The van der Waals surface area contributed by atoms with Crippen LogP contribution in [-0.2, 0) is 23.6 Å². The number of pyridine rings is 1. The van der Waals surface area contributed by atoms with Gasteiger partial charge >= 0.3 is 0 Å². The van der Waals surface area contributed by atoms with Gasteiger partial charge in [0.05, 0.1) is 25.9 Å². The molecule has 1 saturated heterocycles. The lowest BCUT2D eigenvalue weighted by Gasteiger charge is -2.32. The maximum Gasteiger partial charge on any atom is 0.259 e. The fourth-order valence-electron chi connectivity index (χ4n) is 4.03. The standard InChI is InChI=1S/C22H27N3O5S2/c1-23-14-18(15-5-6-19(29-2)20(11-15)30-3)21-17(22(23)26)12-16(31-21)13-24-7-9-25(10-8-24)32(4,27)28/h5-6,11-12,14H,7-10,13H2,1-4H3. The zero-order valence-electron chi connectivity index (χ0n) is 18.6. The second kappa shape index (κ2) is 8.86. The smallest absolute Gasteiger partial charge is 0.259 e. The van der Waals surface area contributed by atoms with Gasteiger partial charge in [-0.25, -0.2) is 8.42 Å². The highest BCUT2D eigenvalue weighted by molar-refractivity contribution is 7.88. The first-order chi connectivity index (χ1) is 15.2. The third-order valence-electron chi connectivity index (χ3n) is 5.78. The van der Waals surface area contributed by atoms with Gasteiger partial charge in [-0.3, -0.25) is 9.69 Å². The summed E-state index contributed by atoms with van der Waals surface area (Å²) in [6.07, 6.45) is 3.11. The summed E-state index contributed by atoms with van der Waals surface area (Å²) in [5.41, 5.74) is 1.87. The number of nitrogens with zero attached hydrogens (tertiary/aromatic N) is 3. The fraction of sp³-hybridized carbons (Fsp3) is 0.409. The molecule has 1 fully saturated rings. The summed E-state index contributed by atoms with van der Waals surface area (Å²) in [6, 6.07) is 7.71. The molecule has 10 heteroatoms. The van der Waals surface area contributed by atoms with Crippen molar-refractivity contribution in [2.24, 2.45) is 7.05 Å². The van der Waals surface area contributed by atoms with Gasteiger partial charge < -0.3 is 14.0 Å². The molecule has 32 heavy (non-hydrogen) atoms. The Kier molecular flexibility index (Phi) is 6.30. The molecular weight excluding hydrogens is 450 g/mol. The van der Waals surface area contributed by atoms with Crippen LogP contribution in [0.4, 0.5) is 0 Å². The van der Waals surface area contributed by atoms with Gasteiger partial charge in [0.2, 0.25) is 10.0 Å². The summed E-state index contributed by atoms with van der Waals surface area (Å²) in [5.74, 6) is 1.28. The van der Waals surface area contributed by atoms with E-state index in [4.69, 9.17) is 9.47 Å². The third kappa shape index (κ3) is 4.40. The first-order valence-electron chi connectivity index (χ1n) is 10.2. The van der Waals surface area contributed by atoms with Crippen LogP contribution in [0.2, 0.25) is 0 Å². The molecular formula is C22H27N3O5S2. The average molecular weight is 478 g/mol. The molecule has 1 aliphatic heterocycles. The van der Waals surface area contributed by atoms with Crippen molar-refractivity contribution in [3.63, 3.8) is 0 Å². The van der Waals surface area contributed by atoms with Crippen LogP contribution in [0.3, 0.4) is 0 Å². The Balaban J connectivity index is 1.67. The quantitative estimate of drug-likeness (QED) is 0.542. The molecule has 1 aromatic carbocycles. The molecule has 8 nitrogen and oxygen atoms in total. The lowest BCUT2D eigenvalue weighted by atomic mass is 10.1. The molecule has 4 rings (SSSR count). The number of aromatic nitrogens is 1. The average Bonchev–Trinajstić information content (AvgIpc) is 3.19. The Labute approximate surface area is 191 Å². The van der Waals surface area contributed by atoms with Crippen molar-refractivity contribution in [2.45, 2.75) is 6.54 Å². The first-order valence-corrected chi connectivity index (χ1v) is 12.9. The number of thiophene rings is 1. The molecule has 3 heterocycles. The van der Waals surface area contributed by atoms with E-state index < -0.39 is 10.0 Å². The van der Waals surface area contributed by atoms with Crippen molar-refractivity contribution in [2.75, 3.05) is 46.7 Å². The summed E-state index contributed by atoms with van der Waals surface area (Å²) in [4.78, 5) is 16.1. The van der Waals surface area contributed by atoms with Gasteiger partial charge in [-0.15, -0.1) is 11.3 Å². The second-order valence-corrected chi connectivity index (χ2v) is 11.0. The summed E-state index contributed by atoms with van der Waals surface area (Å²) < 4.78 is 38.4. The zero-order chi connectivity index (χ0) is 23.0. The molecule has 0 radical (unpaired) electrons. The first kappa shape index (κ1) is 22.8. The Morgan fingerprint density at radius 1 is 1.03 bits per heavy atom. The highest BCUT2D eigenvalue weighted by Gasteiger charge is 2.24. The lowest BCUT2D eigenvalue weighted by Crippen LogP contribution is -2.47. The summed E-state index contributed by atoms with van der Waals surface area (Å²) >= 11 is 1.61. The Morgan fingerprint density at radius 2 is 1.72 bits per heavy atom. The topological polar surface area (TPSA) is 81.1 Å². The molecule has 3 aromatic rings. The lowest BCUT2D eigenvalue weighted by molar-refractivity contribution is 0.183. The van der Waals surface area contributed by atoms with E-state index in [9.17, 15) is 13.2 Å². The summed E-state index contributed by atoms with van der Waals surface area (Å²) in [5, 5.41) is 0.689. The zero-order valence-corrected chi connectivity index (χ0v) is 20.3. The molecule has 0 saturated carbocycles. The van der Waals surface area contributed by atoms with E-state index in [2.05, 4.69) is 4.90 Å². The highest BCUT2D eigenvalue weighted by Crippen LogP contribution is 2.37. The number of sulfonamides is 1. The van der Waals surface area contributed by atoms with Crippen molar-refractivity contribution in [3.05, 3.63) is 45.7 Å². The highest BCUT2D eigenvalue weighted by atomic mass is 32.2. The van der Waals surface area contributed by atoms with Crippen LogP contribution >= 0.6 is 11.3 Å². The normalized spacial score (nSPS) is 15.9. The van der Waals surface area contributed by atoms with Gasteiger partial charge in [0.25, 0.3) is 5.56 Å². The van der Waals surface area contributed by atoms with Crippen molar-refractivity contribution in [3.8, 4) is 22.6 Å². The summed E-state index contributed by atoms with van der Waals surface area (Å²) in [6.45, 7) is 3.00. The number of fused-ring (bicyclic) bond motifs is 1. The van der Waals surface area contributed by atoms with Crippen LogP contribution in [0.25, 0.3) is 21.2 Å². The number of methoxy groups -OCH3 is 2. The van der Waals surface area contributed by atoms with Crippen molar-refractivity contribution in [1.82, 2.24) is 13.8 Å². The number of benzene rings is 1. The van der Waals surface area contributed by atoms with E-state index in [-0.39, 0.29) is 5.56 Å². The van der Waals surface area contributed by atoms with E-state index in [0.717, 1.165) is 20.7 Å². The molecule has 2 aromatic heterocycles. The fourth-order valence-corrected chi connectivity index (χ4v) is 6.08. The Hall–Kier alpha value is -2.40. The van der Waals surface area contributed by atoms with Gasteiger partial charge in [-0.05, 0) is 23.8 Å². The van der Waals surface area contributed by atoms with Gasteiger partial charge in [-0.2, -0.15) is 4.31 Å². The van der Waals surface area contributed by atoms with E-state index >= 15 is 0 Å². The third-order valence-corrected chi connectivity index (χ3v) is 8.23. The minimum Gasteiger partial charge on any atom is -0.493 e. The maximum absolute atomic E-state index is 12.8. The van der Waals surface area contributed by atoms with Crippen molar-refractivity contribution in [1.29, 1.82) is 0 Å². The number of hydrogen-bond acceptors (Lipinski definition) is 7. The van der Waals surface area contributed by atoms with E-state index in [1.54, 1.807) is 37.2 Å². The molecule has 1 aliphatic rings. The predicted octanol–water partition coefficient (Wildman–Crippen LogP) is 2.36. The minimum atomic E-state index is -3.15. The SMILES string of the molecule is COc1ccc(-c2cn(C)c(=O)c3cc(CN4CCN(S(C)(=O)=O)CC4)sc23)cc1OC. The largest absolute Gasteiger partial charge is 0.493 e. The van der Waals surface area contributed by atoms with Crippen LogP contribution in [0.15, 0.2) is 35.3 Å². The number of aryl methyl sites for hydroxylation is 1. The van der Waals surface area contributed by atoms with E-state index in [0.29, 0.717) is 49.6 Å². The van der Waals surface area contributed by atoms with Crippen LogP contribution in [0, 0.1) is 0 Å². The van der Waals surface area contributed by atoms with Gasteiger partial charge in [0.15, 0.2) is 11.5 Å². The van der Waals surface area contributed by atoms with Gasteiger partial charge in [-0.1, -0.05) is 6.07 Å². The molecule has 0 N–H and O–H groups in total. The molecule has 0 bridgehead atoms. The van der Waals surface area contributed by atoms with Gasteiger partial charge in [0.1, 0.15) is 0 Å². The molecule has 0 spiro atoms. The van der Waals surface area contributed by atoms with Crippen LogP contribution in [-0.4, -0.2) is 68.8 Å². The Bertz CT molecular complexity index is 1310. The predicted molar refractivity (Wildman–Crippen MR) is 127 cm³/mol. The maximum atomic E-state index is 12.8. The van der Waals surface area contributed by atoms with Crippen LogP contribution in [0.1, 0.15) is 4.88 Å². The monoisotopic (exact) mass is 477 g/mol. The molecule has 0 aliphatic carbocycles. The molecule has 172 valence electrons. The Morgan fingerprint density at radius 3 is 2.34 bits per heavy atom. The van der Waals surface area contributed by atoms with E-state index in [1.807, 2.05) is 30.5 Å². The van der Waals surface area contributed by atoms with Crippen molar-refractivity contribution >= 4 is 31.4 Å².